The van der Waals surface area contributed by atoms with Crippen molar-refractivity contribution in [1.82, 2.24) is 5.43 Å². The zero-order chi connectivity index (χ0) is 15.9. The first kappa shape index (κ1) is 16.2. The lowest BCUT2D eigenvalue weighted by Crippen LogP contribution is -2.33. The number of ether oxygens (including phenoxy) is 1. The fourth-order valence-corrected chi connectivity index (χ4v) is 1.95. The van der Waals surface area contributed by atoms with Crippen LogP contribution in [-0.4, -0.2) is 18.2 Å². The van der Waals surface area contributed by atoms with Gasteiger partial charge in [-0.05, 0) is 43.7 Å². The molecule has 1 amide bonds. The average molecular weight is 361 g/mol. The molecule has 0 aliphatic heterocycles. The summed E-state index contributed by atoms with van der Waals surface area (Å²) in [7, 11) is 0. The van der Waals surface area contributed by atoms with Crippen LogP contribution in [0.2, 0.25) is 0 Å². The molecule has 0 aliphatic rings. The van der Waals surface area contributed by atoms with Crippen LogP contribution in [0.3, 0.4) is 0 Å². The number of carbonyl (C=O) groups excluding carboxylic acids is 1. The third-order valence-corrected chi connectivity index (χ3v) is 3.49. The van der Waals surface area contributed by atoms with Crippen molar-refractivity contribution in [2.75, 3.05) is 0 Å². The van der Waals surface area contributed by atoms with E-state index in [9.17, 15) is 4.79 Å². The molecule has 114 valence electrons. The molecule has 4 nitrogen and oxygen atoms in total. The van der Waals surface area contributed by atoms with Crippen LogP contribution < -0.4 is 10.2 Å². The Kier molecular flexibility index (Phi) is 5.72. The van der Waals surface area contributed by atoms with Crippen molar-refractivity contribution < 1.29 is 9.53 Å². The van der Waals surface area contributed by atoms with Crippen molar-refractivity contribution in [3.05, 3.63) is 64.1 Å². The van der Waals surface area contributed by atoms with Crippen LogP contribution in [0.5, 0.6) is 5.75 Å². The highest BCUT2D eigenvalue weighted by molar-refractivity contribution is 9.10. The Labute approximate surface area is 138 Å². The van der Waals surface area contributed by atoms with E-state index >= 15 is 0 Å². The van der Waals surface area contributed by atoms with Gasteiger partial charge in [0.25, 0.3) is 5.91 Å². The molecule has 1 N–H and O–H groups in total. The summed E-state index contributed by atoms with van der Waals surface area (Å²) in [5.41, 5.74) is 4.58. The normalized spacial score (nSPS) is 12.1. The molecule has 0 spiro atoms. The van der Waals surface area contributed by atoms with Gasteiger partial charge in [-0.2, -0.15) is 5.10 Å². The van der Waals surface area contributed by atoms with E-state index in [1.54, 1.807) is 25.3 Å². The maximum Gasteiger partial charge on any atom is 0.280 e. The van der Waals surface area contributed by atoms with Crippen molar-refractivity contribution >= 4 is 28.1 Å². The van der Waals surface area contributed by atoms with Crippen molar-refractivity contribution in [2.24, 2.45) is 5.10 Å². The average Bonchev–Trinajstić information content (AvgIpc) is 2.51. The Morgan fingerprint density at radius 1 is 1.18 bits per heavy atom. The van der Waals surface area contributed by atoms with Gasteiger partial charge in [0, 0.05) is 4.47 Å². The highest BCUT2D eigenvalue weighted by atomic mass is 79.9. The van der Waals surface area contributed by atoms with Gasteiger partial charge in [0.2, 0.25) is 0 Å². The summed E-state index contributed by atoms with van der Waals surface area (Å²) in [6.45, 7) is 3.70. The smallest absolute Gasteiger partial charge is 0.280 e. The van der Waals surface area contributed by atoms with Crippen LogP contribution in [0, 0.1) is 6.92 Å². The lowest BCUT2D eigenvalue weighted by Gasteiger charge is -2.12. The van der Waals surface area contributed by atoms with Crippen LogP contribution in [0.1, 0.15) is 18.1 Å². The van der Waals surface area contributed by atoms with Gasteiger partial charge in [-0.3, -0.25) is 4.79 Å². The highest BCUT2D eigenvalue weighted by Gasteiger charge is 2.13. The maximum atomic E-state index is 11.9. The second-order valence-corrected chi connectivity index (χ2v) is 5.77. The molecule has 0 unspecified atom stereocenters. The van der Waals surface area contributed by atoms with Gasteiger partial charge in [-0.15, -0.1) is 0 Å². The Balaban J connectivity index is 1.85. The van der Waals surface area contributed by atoms with E-state index in [1.165, 1.54) is 5.56 Å². The van der Waals surface area contributed by atoms with E-state index in [-0.39, 0.29) is 5.91 Å². The molecule has 2 rings (SSSR count). The molecule has 0 fully saturated rings. The van der Waals surface area contributed by atoms with E-state index in [4.69, 9.17) is 4.74 Å². The standard InChI is InChI=1S/C17H17BrN2O2/c1-12-3-5-14(6-4-12)11-19-20-17(21)13(2)22-16-9-7-15(18)8-10-16/h3-11,13H,1-2H3,(H,20,21)/b19-11-/t13-/m0/s1. The second kappa shape index (κ2) is 7.75. The van der Waals surface area contributed by atoms with Gasteiger partial charge in [-0.25, -0.2) is 5.43 Å². The van der Waals surface area contributed by atoms with Crippen molar-refractivity contribution in [3.8, 4) is 5.75 Å². The summed E-state index contributed by atoms with van der Waals surface area (Å²) in [5, 5.41) is 3.94. The van der Waals surface area contributed by atoms with Crippen LogP contribution in [0.15, 0.2) is 58.1 Å². The third-order valence-electron chi connectivity index (χ3n) is 2.96. The first-order valence-corrected chi connectivity index (χ1v) is 7.66. The Morgan fingerprint density at radius 2 is 1.82 bits per heavy atom. The summed E-state index contributed by atoms with van der Waals surface area (Å²) >= 11 is 3.35. The largest absolute Gasteiger partial charge is 0.481 e. The van der Waals surface area contributed by atoms with Crippen LogP contribution >= 0.6 is 15.9 Å². The molecule has 0 saturated carbocycles. The number of nitrogens with one attached hydrogen (secondary N) is 1. The number of amides is 1. The Hall–Kier alpha value is -2.14. The van der Waals surface area contributed by atoms with Crippen LogP contribution in [-0.2, 0) is 4.79 Å². The van der Waals surface area contributed by atoms with Gasteiger partial charge >= 0.3 is 0 Å². The van der Waals surface area contributed by atoms with Gasteiger partial charge < -0.3 is 4.74 Å². The van der Waals surface area contributed by atoms with E-state index in [0.29, 0.717) is 5.75 Å². The molecule has 2 aromatic rings. The quantitative estimate of drug-likeness (QED) is 0.653. The molecule has 0 aliphatic carbocycles. The molecule has 5 heteroatoms. The molecule has 0 radical (unpaired) electrons. The van der Waals surface area contributed by atoms with E-state index in [0.717, 1.165) is 10.0 Å². The molecule has 0 aromatic heterocycles. The number of halogens is 1. The number of hydrazone groups is 1. The van der Waals surface area contributed by atoms with Crippen molar-refractivity contribution in [3.63, 3.8) is 0 Å². The molecule has 1 atom stereocenters. The number of hydrogen-bond acceptors (Lipinski definition) is 3. The number of carbonyl (C=O) groups is 1. The van der Waals surface area contributed by atoms with Gasteiger partial charge in [-0.1, -0.05) is 45.8 Å². The van der Waals surface area contributed by atoms with E-state index < -0.39 is 6.10 Å². The number of rotatable bonds is 5. The zero-order valence-electron chi connectivity index (χ0n) is 12.4. The van der Waals surface area contributed by atoms with Crippen LogP contribution in [0.25, 0.3) is 0 Å². The Morgan fingerprint density at radius 3 is 2.45 bits per heavy atom. The van der Waals surface area contributed by atoms with Crippen molar-refractivity contribution in [2.45, 2.75) is 20.0 Å². The first-order chi connectivity index (χ1) is 10.5. The number of nitrogens with zero attached hydrogens (tertiary/aromatic N) is 1. The van der Waals surface area contributed by atoms with Crippen molar-refractivity contribution in [1.29, 1.82) is 0 Å². The van der Waals surface area contributed by atoms with E-state index in [2.05, 4.69) is 26.5 Å². The predicted molar refractivity (Wildman–Crippen MR) is 91.1 cm³/mol. The minimum Gasteiger partial charge on any atom is -0.481 e. The monoisotopic (exact) mass is 360 g/mol. The minimum atomic E-state index is -0.628. The lowest BCUT2D eigenvalue weighted by atomic mass is 10.2. The van der Waals surface area contributed by atoms with Gasteiger partial charge in [0.05, 0.1) is 6.21 Å². The van der Waals surface area contributed by atoms with Gasteiger partial charge in [0.1, 0.15) is 5.75 Å². The summed E-state index contributed by atoms with van der Waals surface area (Å²) in [5.74, 6) is 0.333. The lowest BCUT2D eigenvalue weighted by molar-refractivity contribution is -0.127. The zero-order valence-corrected chi connectivity index (χ0v) is 14.0. The first-order valence-electron chi connectivity index (χ1n) is 6.86. The summed E-state index contributed by atoms with van der Waals surface area (Å²) < 4.78 is 6.50. The molecule has 2 aromatic carbocycles. The predicted octanol–water partition coefficient (Wildman–Crippen LogP) is 3.68. The fourth-order valence-electron chi connectivity index (χ4n) is 1.68. The molecule has 0 saturated heterocycles. The second-order valence-electron chi connectivity index (χ2n) is 4.86. The van der Waals surface area contributed by atoms with Crippen LogP contribution in [0.4, 0.5) is 0 Å². The highest BCUT2D eigenvalue weighted by Crippen LogP contribution is 2.17. The molecular formula is C17H17BrN2O2. The third kappa shape index (κ3) is 5.00. The summed E-state index contributed by atoms with van der Waals surface area (Å²) in [6.07, 6.45) is 0.972. The van der Waals surface area contributed by atoms with E-state index in [1.807, 2.05) is 43.3 Å². The summed E-state index contributed by atoms with van der Waals surface area (Å²) in [4.78, 5) is 11.9. The fraction of sp³-hybridized carbons (Fsp3) is 0.176. The molecule has 0 heterocycles. The van der Waals surface area contributed by atoms with Gasteiger partial charge in [0.15, 0.2) is 6.10 Å². The topological polar surface area (TPSA) is 50.7 Å². The Bertz CT molecular complexity index is 651. The number of benzene rings is 2. The SMILES string of the molecule is Cc1ccc(/C=N\NC(=O)[C@H](C)Oc2ccc(Br)cc2)cc1. The molecule has 22 heavy (non-hydrogen) atoms. The molecular weight excluding hydrogens is 344 g/mol. The number of aryl methyl sites for hydroxylation is 1. The molecule has 0 bridgehead atoms. The minimum absolute atomic E-state index is 0.300. The number of hydrogen-bond donors (Lipinski definition) is 1. The summed E-state index contributed by atoms with van der Waals surface area (Å²) in [6, 6.07) is 15.2. The maximum absolute atomic E-state index is 11.9.